The van der Waals surface area contributed by atoms with Crippen LogP contribution in [0.2, 0.25) is 0 Å². The number of hydrogen-bond acceptors (Lipinski definition) is 13. The van der Waals surface area contributed by atoms with E-state index in [0.29, 0.717) is 38.5 Å². The van der Waals surface area contributed by atoms with Gasteiger partial charge < -0.3 is 61.4 Å². The molecule has 1 aromatic carbocycles. The highest BCUT2D eigenvalue weighted by atomic mass is 16.5. The second-order valence-electron chi connectivity index (χ2n) is 20.0. The van der Waals surface area contributed by atoms with Gasteiger partial charge in [0, 0.05) is 49.6 Å². The molecule has 9 atom stereocenters. The third kappa shape index (κ3) is 18.4. The lowest BCUT2D eigenvalue weighted by Gasteiger charge is -2.34. The quantitative estimate of drug-likeness (QED) is 0.0293. The molecule has 2 aliphatic rings. The van der Waals surface area contributed by atoms with Crippen LogP contribution in [0.3, 0.4) is 0 Å². The summed E-state index contributed by atoms with van der Waals surface area (Å²) in [6.07, 6.45) is 6.35. The number of hydrogen-bond donors (Lipinski definition) is 10. The second kappa shape index (κ2) is 30.6. The Hall–Kier alpha value is -6.88. The summed E-state index contributed by atoms with van der Waals surface area (Å²) in [6, 6.07) is -1.91. The standard InChI is InChI=1S/C53H79N9O14/c1-7-9-18-36(56-47(68)38(21-13-14-24-45(66)76-6)58-49(70)39(29-44(64)65)55-32(5)63)46(67)57-37(19-10-8-2)48(69)59-40(27-31(3)4)51(72)61-25-15-22-42(61)50(71)60-41(52(73)62-26-16-23-43(62)53(74)75)28-33-30-54-35-20-12-11-17-34(33)35/h11-12,14,17,20,24,30-31,36-43,48,54,59,69H,7-10,13,15-16,18-19,21-23,25-29H2,1-6H3,(H,55,63)(H,56,68)(H,57,67)(H,58,70)(H,60,71)(H,64,65)(H,74,75)/t36-,37-,38-,39?,40-,41-,42-,43-,48?/m0/s1. The number of unbranched alkanes of at least 4 members (excludes halogenated alkanes) is 2. The van der Waals surface area contributed by atoms with Crippen molar-refractivity contribution in [1.29, 1.82) is 0 Å². The van der Waals surface area contributed by atoms with Crippen LogP contribution in [0.5, 0.6) is 0 Å². The Morgan fingerprint density at radius 1 is 0.750 bits per heavy atom. The summed E-state index contributed by atoms with van der Waals surface area (Å²) in [6.45, 7) is 9.08. The van der Waals surface area contributed by atoms with E-state index in [1.165, 1.54) is 23.0 Å². The summed E-state index contributed by atoms with van der Waals surface area (Å²) in [5.74, 6) is -8.06. The van der Waals surface area contributed by atoms with Gasteiger partial charge in [0.2, 0.25) is 41.4 Å². The van der Waals surface area contributed by atoms with Gasteiger partial charge in [0.25, 0.3) is 0 Å². The first-order valence-corrected chi connectivity index (χ1v) is 26.5. The molecule has 420 valence electrons. The third-order valence-corrected chi connectivity index (χ3v) is 13.6. The number of H-pyrrole nitrogens is 1. The van der Waals surface area contributed by atoms with Crippen molar-refractivity contribution in [3.8, 4) is 0 Å². The predicted molar refractivity (Wildman–Crippen MR) is 279 cm³/mol. The van der Waals surface area contributed by atoms with Crippen LogP contribution in [0, 0.1) is 5.92 Å². The zero-order valence-electron chi connectivity index (χ0n) is 44.6. The number of amides is 7. The number of carbonyl (C=O) groups is 10. The molecule has 7 amide bonds. The number of carbonyl (C=O) groups excluding carboxylic acids is 8. The summed E-state index contributed by atoms with van der Waals surface area (Å²) in [5.41, 5.74) is 1.56. The summed E-state index contributed by atoms with van der Waals surface area (Å²) < 4.78 is 4.62. The van der Waals surface area contributed by atoms with Crippen LogP contribution in [0.1, 0.15) is 130 Å². The number of aliphatic hydroxyl groups is 1. The molecule has 0 spiro atoms. The van der Waals surface area contributed by atoms with Crippen LogP contribution in [0.4, 0.5) is 0 Å². The van der Waals surface area contributed by atoms with Crippen LogP contribution in [-0.4, -0.2) is 164 Å². The predicted octanol–water partition coefficient (Wildman–Crippen LogP) is 1.91. The number of fused-ring (bicyclic) bond motifs is 1. The van der Waals surface area contributed by atoms with Gasteiger partial charge in [-0.2, -0.15) is 0 Å². The number of carboxylic acid groups (broad SMARTS) is 2. The Morgan fingerprint density at radius 2 is 1.34 bits per heavy atom. The van der Waals surface area contributed by atoms with E-state index in [9.17, 15) is 63.3 Å². The number of methoxy groups -OCH3 is 1. The van der Waals surface area contributed by atoms with Gasteiger partial charge in [-0.15, -0.1) is 0 Å². The van der Waals surface area contributed by atoms with Crippen molar-refractivity contribution in [2.24, 2.45) is 5.92 Å². The first-order chi connectivity index (χ1) is 36.2. The first kappa shape index (κ1) is 61.7. The van der Waals surface area contributed by atoms with Crippen LogP contribution in [-0.2, 0) is 59.1 Å². The smallest absolute Gasteiger partial charge is 0.330 e. The number of likely N-dealkylation sites (tertiary alicyclic amines) is 2. The summed E-state index contributed by atoms with van der Waals surface area (Å²) in [4.78, 5) is 138. The number of para-hydroxylation sites is 1. The van der Waals surface area contributed by atoms with Gasteiger partial charge in [-0.1, -0.05) is 77.7 Å². The molecule has 2 aromatic rings. The molecule has 2 unspecified atom stereocenters. The molecule has 2 saturated heterocycles. The highest BCUT2D eigenvalue weighted by Crippen LogP contribution is 2.25. The highest BCUT2D eigenvalue weighted by Gasteiger charge is 2.42. The molecule has 4 rings (SSSR count). The van der Waals surface area contributed by atoms with Crippen molar-refractivity contribution >= 4 is 70.2 Å². The van der Waals surface area contributed by atoms with Crippen LogP contribution < -0.4 is 31.9 Å². The fourth-order valence-corrected chi connectivity index (χ4v) is 9.66. The van der Waals surface area contributed by atoms with Gasteiger partial charge >= 0.3 is 17.9 Å². The number of rotatable bonds is 31. The van der Waals surface area contributed by atoms with Gasteiger partial charge in [0.15, 0.2) is 0 Å². The lowest BCUT2D eigenvalue weighted by atomic mass is 10.00. The molecule has 3 heterocycles. The van der Waals surface area contributed by atoms with Gasteiger partial charge in [-0.05, 0) is 75.3 Å². The molecule has 23 nitrogen and oxygen atoms in total. The van der Waals surface area contributed by atoms with E-state index in [4.69, 9.17) is 0 Å². The topological polar surface area (TPSA) is 335 Å². The molecule has 10 N–H and O–H groups in total. The van der Waals surface area contributed by atoms with E-state index in [1.807, 2.05) is 52.0 Å². The van der Waals surface area contributed by atoms with Crippen molar-refractivity contribution in [2.75, 3.05) is 20.2 Å². The summed E-state index contributed by atoms with van der Waals surface area (Å²) in [7, 11) is 1.18. The number of esters is 1. The van der Waals surface area contributed by atoms with Crippen LogP contribution >= 0.6 is 0 Å². The Labute approximate surface area is 443 Å². The fourth-order valence-electron chi connectivity index (χ4n) is 9.66. The number of aromatic amines is 1. The molecular weight excluding hydrogens is 987 g/mol. The number of carboxylic acids is 2. The van der Waals surface area contributed by atoms with E-state index in [-0.39, 0.29) is 70.4 Å². The number of benzene rings is 1. The molecule has 0 radical (unpaired) electrons. The van der Waals surface area contributed by atoms with E-state index >= 15 is 0 Å². The lowest BCUT2D eigenvalue weighted by molar-refractivity contribution is -0.149. The van der Waals surface area contributed by atoms with Gasteiger partial charge in [0.1, 0.15) is 42.5 Å². The monoisotopic (exact) mass is 1070 g/mol. The lowest BCUT2D eigenvalue weighted by Crippen LogP contribution is -2.61. The molecule has 76 heavy (non-hydrogen) atoms. The van der Waals surface area contributed by atoms with Crippen LogP contribution in [0.25, 0.3) is 10.9 Å². The van der Waals surface area contributed by atoms with Crippen molar-refractivity contribution in [1.82, 2.24) is 46.7 Å². The number of nitrogens with zero attached hydrogens (tertiary/aromatic N) is 2. The van der Waals surface area contributed by atoms with Gasteiger partial charge in [-0.3, -0.25) is 43.7 Å². The zero-order valence-corrected chi connectivity index (χ0v) is 44.6. The second-order valence-corrected chi connectivity index (χ2v) is 20.0. The SMILES string of the molecule is CCCC[C@H](NC(=O)[C@H](CCC=CC(=O)OC)NC(=O)C(CC(=O)O)NC(C)=O)C(=O)N[C@@H](CCCC)C(O)N[C@@H](CC(C)C)C(=O)N1CCC[C@H]1C(=O)N[C@@H](Cc1c[nH]c2ccccc12)C(=O)N1CCC[C@H]1C(=O)O. The van der Waals surface area contributed by atoms with Crippen molar-refractivity contribution in [3.63, 3.8) is 0 Å². The molecule has 0 bridgehead atoms. The average Bonchev–Trinajstić information content (AvgIpc) is 4.17. The normalized spacial score (nSPS) is 18.3. The van der Waals surface area contributed by atoms with E-state index in [2.05, 4.69) is 41.6 Å². The minimum absolute atomic E-state index is 0.0534. The summed E-state index contributed by atoms with van der Waals surface area (Å²) in [5, 5.41) is 48.4. The molecule has 0 saturated carbocycles. The van der Waals surface area contributed by atoms with Crippen LogP contribution in [0.15, 0.2) is 42.6 Å². The number of allylic oxidation sites excluding steroid dienone is 1. The molecule has 2 fully saturated rings. The van der Waals surface area contributed by atoms with E-state index in [0.717, 1.165) is 29.5 Å². The maximum atomic E-state index is 14.7. The minimum atomic E-state index is -1.54. The molecule has 23 heteroatoms. The van der Waals surface area contributed by atoms with E-state index < -0.39 is 120 Å². The molecule has 1 aromatic heterocycles. The third-order valence-electron chi connectivity index (χ3n) is 13.6. The van der Waals surface area contributed by atoms with Crippen molar-refractivity contribution < 1.29 is 68.0 Å². The Morgan fingerprint density at radius 3 is 1.96 bits per heavy atom. The maximum absolute atomic E-state index is 14.7. The Balaban J connectivity index is 1.55. The number of aliphatic carboxylic acids is 2. The Bertz CT molecular complexity index is 2360. The molecular formula is C53H79N9O14. The largest absolute Gasteiger partial charge is 0.481 e. The number of nitrogens with one attached hydrogen (secondary N) is 7. The minimum Gasteiger partial charge on any atom is -0.481 e. The zero-order chi connectivity index (χ0) is 56.1. The molecule has 2 aliphatic heterocycles. The first-order valence-electron chi connectivity index (χ1n) is 26.5. The van der Waals surface area contributed by atoms with Crippen molar-refractivity contribution in [3.05, 3.63) is 48.2 Å². The number of aliphatic hydroxyl groups excluding tert-OH is 1. The fraction of sp³-hybridized carbons (Fsp3) is 0.623. The highest BCUT2D eigenvalue weighted by molar-refractivity contribution is 5.97. The number of aromatic nitrogens is 1. The number of ether oxygens (including phenoxy) is 1. The van der Waals surface area contributed by atoms with E-state index in [1.54, 1.807) is 6.20 Å². The van der Waals surface area contributed by atoms with Crippen molar-refractivity contribution in [2.45, 2.75) is 185 Å². The molecule has 0 aliphatic carbocycles. The van der Waals surface area contributed by atoms with Gasteiger partial charge in [0.05, 0.1) is 25.6 Å². The Kier molecular flexibility index (Phi) is 24.8. The van der Waals surface area contributed by atoms with Gasteiger partial charge in [-0.25, -0.2) is 9.59 Å². The summed E-state index contributed by atoms with van der Waals surface area (Å²) >= 11 is 0. The maximum Gasteiger partial charge on any atom is 0.330 e. The average molecular weight is 1070 g/mol.